The summed E-state index contributed by atoms with van der Waals surface area (Å²) in [5.41, 5.74) is 15.4. The van der Waals surface area contributed by atoms with Crippen molar-refractivity contribution in [3.63, 3.8) is 0 Å². The van der Waals surface area contributed by atoms with Gasteiger partial charge in [0.05, 0.1) is 0 Å². The molecule has 0 fully saturated rings. The minimum atomic E-state index is 1.09. The first-order valence-corrected chi connectivity index (χ1v) is 24.4. The quantitative estimate of drug-likeness (QED) is 0.147. The van der Waals surface area contributed by atoms with Crippen molar-refractivity contribution in [2.24, 2.45) is 0 Å². The third-order valence-corrected chi connectivity index (χ3v) is 15.7. The summed E-state index contributed by atoms with van der Waals surface area (Å²) in [6.45, 7) is 0. The summed E-state index contributed by atoms with van der Waals surface area (Å²) in [6, 6.07) is 91.4. The highest BCUT2D eigenvalue weighted by atomic mass is 32.1. The van der Waals surface area contributed by atoms with Gasteiger partial charge in [-0.1, -0.05) is 176 Å². The Morgan fingerprint density at radius 1 is 0.239 bits per heavy atom. The van der Waals surface area contributed by atoms with E-state index in [4.69, 9.17) is 0 Å². The lowest BCUT2D eigenvalue weighted by Gasteiger charge is -2.26. The molecular weight excluding hydrogens is 847 g/mol. The first-order chi connectivity index (χ1) is 33.2. The van der Waals surface area contributed by atoms with Gasteiger partial charge in [0.2, 0.25) is 0 Å². The molecule has 0 amide bonds. The number of anilines is 3. The lowest BCUT2D eigenvalue weighted by Crippen LogP contribution is -2.09. The van der Waals surface area contributed by atoms with E-state index in [1.807, 2.05) is 22.7 Å². The van der Waals surface area contributed by atoms with Gasteiger partial charge in [-0.15, -0.1) is 22.7 Å². The molecule has 0 saturated carbocycles. The van der Waals surface area contributed by atoms with Crippen molar-refractivity contribution in [1.82, 2.24) is 0 Å². The molecule has 2 heterocycles. The van der Waals surface area contributed by atoms with E-state index in [9.17, 15) is 0 Å². The third kappa shape index (κ3) is 7.08. The van der Waals surface area contributed by atoms with Crippen LogP contribution in [0.2, 0.25) is 0 Å². The van der Waals surface area contributed by atoms with Gasteiger partial charge in [0.25, 0.3) is 0 Å². The summed E-state index contributed by atoms with van der Waals surface area (Å²) in [7, 11) is 0. The SMILES string of the molecule is c1ccc(-c2cc(-c3ccc(N(c4ccc(-c5cccc6c5sc5ccccc56)cc4)c4ccc(-c5cccc6c5sc5ccccc56)cc4)cc3)cc(-c3ccc4ccccc4c3)c2)cc1. The Balaban J connectivity index is 0.907. The second kappa shape index (κ2) is 16.4. The topological polar surface area (TPSA) is 3.24 Å². The highest BCUT2D eigenvalue weighted by Crippen LogP contribution is 2.44. The minimum Gasteiger partial charge on any atom is -0.311 e. The third-order valence-electron chi connectivity index (χ3n) is 13.3. The van der Waals surface area contributed by atoms with Gasteiger partial charge in [0.15, 0.2) is 0 Å². The second-order valence-corrected chi connectivity index (χ2v) is 19.4. The van der Waals surface area contributed by atoms with Crippen molar-refractivity contribution >= 4 is 90.9 Å². The van der Waals surface area contributed by atoms with Gasteiger partial charge in [-0.3, -0.25) is 0 Å². The first kappa shape index (κ1) is 39.3. The molecule has 1 nitrogen and oxygen atoms in total. The summed E-state index contributed by atoms with van der Waals surface area (Å²) in [6.07, 6.45) is 0. The maximum absolute atomic E-state index is 2.39. The van der Waals surface area contributed by atoms with Gasteiger partial charge < -0.3 is 4.90 Å². The van der Waals surface area contributed by atoms with Crippen molar-refractivity contribution in [3.8, 4) is 55.6 Å². The van der Waals surface area contributed by atoms with E-state index >= 15 is 0 Å². The number of fused-ring (bicyclic) bond motifs is 7. The number of thiophene rings is 2. The van der Waals surface area contributed by atoms with E-state index in [1.54, 1.807) is 0 Å². The van der Waals surface area contributed by atoms with Crippen LogP contribution >= 0.6 is 22.7 Å². The molecule has 0 aliphatic rings. The molecule has 0 unspecified atom stereocenters. The molecular formula is C64H41NS2. The molecule has 3 heteroatoms. The Kier molecular flexibility index (Phi) is 9.63. The highest BCUT2D eigenvalue weighted by molar-refractivity contribution is 7.26. The lowest BCUT2D eigenvalue weighted by atomic mass is 9.92. The monoisotopic (exact) mass is 887 g/mol. The summed E-state index contributed by atoms with van der Waals surface area (Å²) in [4.78, 5) is 2.39. The second-order valence-electron chi connectivity index (χ2n) is 17.3. The molecule has 13 aromatic rings. The van der Waals surface area contributed by atoms with Crippen molar-refractivity contribution in [2.75, 3.05) is 4.90 Å². The average molecular weight is 888 g/mol. The van der Waals surface area contributed by atoms with E-state index in [2.05, 4.69) is 254 Å². The number of nitrogens with zero attached hydrogens (tertiary/aromatic N) is 1. The molecule has 0 atom stereocenters. The van der Waals surface area contributed by atoms with Crippen molar-refractivity contribution < 1.29 is 0 Å². The lowest BCUT2D eigenvalue weighted by molar-refractivity contribution is 1.28. The van der Waals surface area contributed by atoms with E-state index < -0.39 is 0 Å². The number of hydrogen-bond donors (Lipinski definition) is 0. The average Bonchev–Trinajstić information content (AvgIpc) is 3.98. The Labute approximate surface area is 397 Å². The molecule has 0 aliphatic carbocycles. The van der Waals surface area contributed by atoms with Crippen LogP contribution in [0.25, 0.3) is 107 Å². The highest BCUT2D eigenvalue weighted by Gasteiger charge is 2.17. The molecule has 0 bridgehead atoms. The molecule has 0 saturated heterocycles. The largest absolute Gasteiger partial charge is 0.311 e. The van der Waals surface area contributed by atoms with Crippen LogP contribution in [0.3, 0.4) is 0 Å². The fourth-order valence-corrected chi connectivity index (χ4v) is 12.4. The fraction of sp³-hybridized carbons (Fsp3) is 0. The molecule has 314 valence electrons. The van der Waals surface area contributed by atoms with Crippen molar-refractivity contribution in [3.05, 3.63) is 249 Å². The Morgan fingerprint density at radius 3 is 1.18 bits per heavy atom. The van der Waals surface area contributed by atoms with Crippen LogP contribution in [0, 0.1) is 0 Å². The van der Waals surface area contributed by atoms with Crippen LogP contribution in [0.15, 0.2) is 249 Å². The molecule has 0 N–H and O–H groups in total. The molecule has 11 aromatic carbocycles. The Morgan fingerprint density at radius 2 is 0.642 bits per heavy atom. The van der Waals surface area contributed by atoms with Gasteiger partial charge >= 0.3 is 0 Å². The fourth-order valence-electron chi connectivity index (χ4n) is 9.91. The van der Waals surface area contributed by atoms with Crippen LogP contribution in [0.5, 0.6) is 0 Å². The minimum absolute atomic E-state index is 1.09. The standard InChI is InChI=1S/C64H41NS2/c1-2-12-42(13-3-1)49-39-50(41-51(40-49)48-25-24-43-14-4-5-15-47(43)38-48)44-26-32-52(33-27-44)65(53-34-28-45(29-35-53)55-18-10-20-59-57-16-6-8-22-61(57)66-63(55)59)54-36-30-46(31-37-54)56-19-11-21-60-58-17-7-9-23-62(58)67-64(56)60/h1-41H. The summed E-state index contributed by atoms with van der Waals surface area (Å²) >= 11 is 3.75. The maximum atomic E-state index is 2.39. The number of hydrogen-bond acceptors (Lipinski definition) is 3. The smallest absolute Gasteiger partial charge is 0.0462 e. The number of benzene rings is 11. The molecule has 0 spiro atoms. The van der Waals surface area contributed by atoms with E-state index in [0.717, 1.165) is 17.1 Å². The van der Waals surface area contributed by atoms with Crippen LogP contribution in [0.4, 0.5) is 17.1 Å². The zero-order valence-corrected chi connectivity index (χ0v) is 38.1. The number of rotatable bonds is 8. The molecule has 0 radical (unpaired) electrons. The Hall–Kier alpha value is -8.08. The summed E-state index contributed by atoms with van der Waals surface area (Å²) in [5, 5.41) is 7.75. The van der Waals surface area contributed by atoms with Gasteiger partial charge in [0.1, 0.15) is 0 Å². The van der Waals surface area contributed by atoms with Gasteiger partial charge in [-0.05, 0) is 139 Å². The van der Waals surface area contributed by atoms with E-state index in [-0.39, 0.29) is 0 Å². The summed E-state index contributed by atoms with van der Waals surface area (Å²) in [5.74, 6) is 0. The molecule has 2 aromatic heterocycles. The maximum Gasteiger partial charge on any atom is 0.0462 e. The van der Waals surface area contributed by atoms with Gasteiger partial charge in [-0.2, -0.15) is 0 Å². The Bertz CT molecular complexity index is 3800. The zero-order chi connectivity index (χ0) is 44.3. The molecule has 0 aliphatic heterocycles. The van der Waals surface area contributed by atoms with Crippen LogP contribution in [-0.2, 0) is 0 Å². The van der Waals surface area contributed by atoms with E-state index in [0.29, 0.717) is 0 Å². The molecule has 13 rings (SSSR count). The predicted molar refractivity (Wildman–Crippen MR) is 292 cm³/mol. The van der Waals surface area contributed by atoms with Gasteiger partial charge in [-0.25, -0.2) is 0 Å². The van der Waals surface area contributed by atoms with Crippen LogP contribution < -0.4 is 4.90 Å². The van der Waals surface area contributed by atoms with E-state index in [1.165, 1.54) is 107 Å². The first-order valence-electron chi connectivity index (χ1n) is 22.8. The van der Waals surface area contributed by atoms with Crippen molar-refractivity contribution in [2.45, 2.75) is 0 Å². The predicted octanol–water partition coefficient (Wildman–Crippen LogP) is 19.4. The van der Waals surface area contributed by atoms with Crippen molar-refractivity contribution in [1.29, 1.82) is 0 Å². The summed E-state index contributed by atoms with van der Waals surface area (Å²) < 4.78 is 5.29. The normalized spacial score (nSPS) is 11.6. The zero-order valence-electron chi connectivity index (χ0n) is 36.4. The van der Waals surface area contributed by atoms with Gasteiger partial charge in [0, 0.05) is 57.4 Å². The van der Waals surface area contributed by atoms with Crippen LogP contribution in [-0.4, -0.2) is 0 Å². The van der Waals surface area contributed by atoms with Crippen LogP contribution in [0.1, 0.15) is 0 Å². The molecule has 67 heavy (non-hydrogen) atoms.